The molecule has 0 amide bonds. The van der Waals surface area contributed by atoms with Gasteiger partial charge in [-0.25, -0.2) is 4.98 Å². The number of imidazole rings is 1. The fourth-order valence-electron chi connectivity index (χ4n) is 2.93. The molecule has 0 aliphatic heterocycles. The lowest BCUT2D eigenvalue weighted by molar-refractivity contribution is 0.700. The number of aromatic nitrogens is 2. The maximum atomic E-state index is 4.34. The van der Waals surface area contributed by atoms with E-state index in [-0.39, 0.29) is 24.0 Å². The Labute approximate surface area is 188 Å². The number of guanidine groups is 1. The van der Waals surface area contributed by atoms with E-state index in [0.717, 1.165) is 31.4 Å². The maximum Gasteiger partial charge on any atom is 0.191 e. The maximum absolute atomic E-state index is 4.34. The number of nitrogens with one attached hydrogen (secondary N) is 2. The van der Waals surface area contributed by atoms with Crippen LogP contribution in [-0.2, 0) is 13.1 Å². The van der Waals surface area contributed by atoms with Crippen molar-refractivity contribution in [3.63, 3.8) is 0 Å². The topological polar surface area (TPSA) is 54.2 Å². The fraction of sp³-hybridized carbons (Fsp3) is 0.333. The van der Waals surface area contributed by atoms with E-state index in [1.165, 1.54) is 16.7 Å². The van der Waals surface area contributed by atoms with Crippen LogP contribution in [0.2, 0.25) is 0 Å². The van der Waals surface area contributed by atoms with Crippen LogP contribution in [0.3, 0.4) is 0 Å². The summed E-state index contributed by atoms with van der Waals surface area (Å²) in [4.78, 5) is 8.62. The summed E-state index contributed by atoms with van der Waals surface area (Å²) in [6.45, 7) is 6.69. The van der Waals surface area contributed by atoms with Crippen LogP contribution in [0.25, 0.3) is 0 Å². The third-order valence-corrected chi connectivity index (χ3v) is 5.34. The SMILES string of the molecule is CN=C(NCc1cccc(Cn2ccnc2C)c1)NCC(C)c1ccsc1.I. The van der Waals surface area contributed by atoms with Crippen LogP contribution < -0.4 is 10.6 Å². The van der Waals surface area contributed by atoms with Gasteiger partial charge in [0.15, 0.2) is 5.96 Å². The van der Waals surface area contributed by atoms with Crippen molar-refractivity contribution >= 4 is 41.3 Å². The molecule has 0 aliphatic carbocycles. The van der Waals surface area contributed by atoms with E-state index in [1.807, 2.05) is 26.4 Å². The fourth-order valence-corrected chi connectivity index (χ4v) is 3.72. The number of hydrogen-bond acceptors (Lipinski definition) is 3. The Balaban J connectivity index is 0.00000280. The highest BCUT2D eigenvalue weighted by molar-refractivity contribution is 14.0. The first-order valence-electron chi connectivity index (χ1n) is 9.18. The molecule has 3 rings (SSSR count). The van der Waals surface area contributed by atoms with Crippen molar-refractivity contribution in [3.05, 3.63) is 76.0 Å². The van der Waals surface area contributed by atoms with Crippen molar-refractivity contribution in [2.75, 3.05) is 13.6 Å². The molecular weight excluding hydrogens is 481 g/mol. The first-order chi connectivity index (χ1) is 13.2. The van der Waals surface area contributed by atoms with Gasteiger partial charge in [-0.1, -0.05) is 31.2 Å². The highest BCUT2D eigenvalue weighted by atomic mass is 127. The Morgan fingerprint density at radius 1 is 1.25 bits per heavy atom. The number of nitrogens with zero attached hydrogens (tertiary/aromatic N) is 3. The van der Waals surface area contributed by atoms with Crippen LogP contribution in [0.5, 0.6) is 0 Å². The second-order valence-electron chi connectivity index (χ2n) is 6.69. The van der Waals surface area contributed by atoms with Gasteiger partial charge in [-0.3, -0.25) is 4.99 Å². The molecule has 2 N–H and O–H groups in total. The average Bonchev–Trinajstić information content (AvgIpc) is 3.35. The van der Waals surface area contributed by atoms with Gasteiger partial charge in [-0.2, -0.15) is 11.3 Å². The van der Waals surface area contributed by atoms with Gasteiger partial charge in [0, 0.05) is 39.1 Å². The van der Waals surface area contributed by atoms with Gasteiger partial charge in [0.25, 0.3) is 0 Å². The molecule has 0 bridgehead atoms. The number of rotatable bonds is 7. The molecular formula is C21H28IN5S. The van der Waals surface area contributed by atoms with Crippen LogP contribution in [0.1, 0.15) is 35.4 Å². The van der Waals surface area contributed by atoms with E-state index in [9.17, 15) is 0 Å². The molecule has 0 spiro atoms. The highest BCUT2D eigenvalue weighted by Crippen LogP contribution is 2.17. The predicted molar refractivity (Wildman–Crippen MR) is 129 cm³/mol. The molecule has 150 valence electrons. The minimum Gasteiger partial charge on any atom is -0.356 e. The van der Waals surface area contributed by atoms with Crippen molar-refractivity contribution in [1.82, 2.24) is 20.2 Å². The molecule has 0 saturated heterocycles. The zero-order chi connectivity index (χ0) is 19.1. The van der Waals surface area contributed by atoms with E-state index in [2.05, 4.69) is 73.2 Å². The smallest absolute Gasteiger partial charge is 0.191 e. The normalized spacial score (nSPS) is 12.3. The van der Waals surface area contributed by atoms with Crippen LogP contribution in [0, 0.1) is 6.92 Å². The third-order valence-electron chi connectivity index (χ3n) is 4.64. The number of halogens is 1. The number of aliphatic imine (C=N–C) groups is 1. The van der Waals surface area contributed by atoms with E-state index in [4.69, 9.17) is 0 Å². The molecule has 1 unspecified atom stereocenters. The minimum absolute atomic E-state index is 0. The average molecular weight is 509 g/mol. The Morgan fingerprint density at radius 2 is 2.07 bits per heavy atom. The molecule has 1 aromatic carbocycles. The lowest BCUT2D eigenvalue weighted by Crippen LogP contribution is -2.38. The Bertz CT molecular complexity index is 873. The summed E-state index contributed by atoms with van der Waals surface area (Å²) in [5.74, 6) is 2.31. The standard InChI is InChI=1S/C21H27N5S.HI/c1-16(20-7-10-27-15-20)12-24-21(22-3)25-13-18-5-4-6-19(11-18)14-26-9-8-23-17(26)2;/h4-11,15-16H,12-14H2,1-3H3,(H2,22,24,25);1H. The van der Waals surface area contributed by atoms with Gasteiger partial charge in [0.05, 0.1) is 0 Å². The van der Waals surface area contributed by atoms with Crippen LogP contribution >= 0.6 is 35.3 Å². The number of benzene rings is 1. The lowest BCUT2D eigenvalue weighted by atomic mass is 10.1. The molecule has 1 atom stereocenters. The van der Waals surface area contributed by atoms with Gasteiger partial charge in [0.1, 0.15) is 5.82 Å². The van der Waals surface area contributed by atoms with E-state index >= 15 is 0 Å². The molecule has 3 aromatic rings. The second-order valence-corrected chi connectivity index (χ2v) is 7.47. The number of aryl methyl sites for hydroxylation is 1. The molecule has 2 aromatic heterocycles. The van der Waals surface area contributed by atoms with E-state index in [1.54, 1.807) is 11.3 Å². The van der Waals surface area contributed by atoms with Crippen molar-refractivity contribution in [1.29, 1.82) is 0 Å². The molecule has 5 nitrogen and oxygen atoms in total. The van der Waals surface area contributed by atoms with Gasteiger partial charge >= 0.3 is 0 Å². The summed E-state index contributed by atoms with van der Waals surface area (Å²) in [6.07, 6.45) is 3.86. The minimum atomic E-state index is 0. The summed E-state index contributed by atoms with van der Waals surface area (Å²) in [5, 5.41) is 11.2. The third kappa shape index (κ3) is 6.34. The van der Waals surface area contributed by atoms with Crippen LogP contribution in [0.4, 0.5) is 0 Å². The first kappa shape index (κ1) is 22.4. The summed E-state index contributed by atoms with van der Waals surface area (Å²) in [6, 6.07) is 10.8. The summed E-state index contributed by atoms with van der Waals surface area (Å²) >= 11 is 1.74. The van der Waals surface area contributed by atoms with Gasteiger partial charge < -0.3 is 15.2 Å². The van der Waals surface area contributed by atoms with Crippen molar-refractivity contribution < 1.29 is 0 Å². The zero-order valence-corrected chi connectivity index (χ0v) is 19.7. The lowest BCUT2D eigenvalue weighted by Gasteiger charge is -2.16. The zero-order valence-electron chi connectivity index (χ0n) is 16.6. The number of thiophene rings is 1. The van der Waals surface area contributed by atoms with Crippen molar-refractivity contribution in [3.8, 4) is 0 Å². The predicted octanol–water partition coefficient (Wildman–Crippen LogP) is 4.39. The molecule has 0 radical (unpaired) electrons. The molecule has 7 heteroatoms. The molecule has 0 fully saturated rings. The van der Waals surface area contributed by atoms with Gasteiger partial charge in [-0.05, 0) is 46.4 Å². The molecule has 2 heterocycles. The van der Waals surface area contributed by atoms with E-state index < -0.39 is 0 Å². The highest BCUT2D eigenvalue weighted by Gasteiger charge is 2.07. The molecule has 28 heavy (non-hydrogen) atoms. The summed E-state index contributed by atoms with van der Waals surface area (Å²) < 4.78 is 2.15. The number of hydrogen-bond donors (Lipinski definition) is 2. The van der Waals surface area contributed by atoms with Gasteiger partial charge in [0.2, 0.25) is 0 Å². The van der Waals surface area contributed by atoms with Crippen LogP contribution in [0.15, 0.2) is 58.5 Å². The summed E-state index contributed by atoms with van der Waals surface area (Å²) in [5.41, 5.74) is 3.87. The van der Waals surface area contributed by atoms with Gasteiger partial charge in [-0.15, -0.1) is 24.0 Å². The van der Waals surface area contributed by atoms with Crippen molar-refractivity contribution in [2.24, 2.45) is 4.99 Å². The molecule has 0 saturated carbocycles. The first-order valence-corrected chi connectivity index (χ1v) is 10.1. The Kier molecular flexibility index (Phi) is 8.98. The van der Waals surface area contributed by atoms with Crippen LogP contribution in [-0.4, -0.2) is 29.1 Å². The quantitative estimate of drug-likeness (QED) is 0.282. The Morgan fingerprint density at radius 3 is 2.75 bits per heavy atom. The monoisotopic (exact) mass is 509 g/mol. The Hall–Kier alpha value is -1.87. The van der Waals surface area contributed by atoms with E-state index in [0.29, 0.717) is 5.92 Å². The summed E-state index contributed by atoms with van der Waals surface area (Å²) in [7, 11) is 1.81. The van der Waals surface area contributed by atoms with Crippen molar-refractivity contribution in [2.45, 2.75) is 32.9 Å². The second kappa shape index (κ2) is 11.2. The molecule has 0 aliphatic rings. The largest absolute Gasteiger partial charge is 0.356 e.